The van der Waals surface area contributed by atoms with Gasteiger partial charge in [0, 0.05) is 21.6 Å². The molecule has 0 aromatic heterocycles. The summed E-state index contributed by atoms with van der Waals surface area (Å²) in [5.74, 6) is 0.624. The maximum atomic E-state index is 12.1. The molecule has 1 aromatic rings. The fourth-order valence-corrected chi connectivity index (χ4v) is 2.67. The molecule has 2 atom stereocenters. The van der Waals surface area contributed by atoms with E-state index in [9.17, 15) is 9.00 Å². The first-order valence-corrected chi connectivity index (χ1v) is 6.82. The molecule has 0 aliphatic rings. The van der Waals surface area contributed by atoms with Gasteiger partial charge in [-0.15, -0.1) is 0 Å². The van der Waals surface area contributed by atoms with Crippen molar-refractivity contribution in [2.45, 2.75) is 31.3 Å². The van der Waals surface area contributed by atoms with Gasteiger partial charge < -0.3 is 4.74 Å². The van der Waals surface area contributed by atoms with E-state index in [1.165, 1.54) is 0 Å². The zero-order chi connectivity index (χ0) is 13.0. The van der Waals surface area contributed by atoms with E-state index in [4.69, 9.17) is 4.74 Å². The van der Waals surface area contributed by atoms with Crippen LogP contribution in [0.1, 0.15) is 31.1 Å². The predicted molar refractivity (Wildman–Crippen MR) is 70.1 cm³/mol. The lowest BCUT2D eigenvalue weighted by Crippen LogP contribution is -2.27. The Morgan fingerprint density at radius 3 is 2.12 bits per heavy atom. The van der Waals surface area contributed by atoms with E-state index in [0.29, 0.717) is 11.3 Å². The average molecular weight is 254 g/mol. The third-order valence-corrected chi connectivity index (χ3v) is 4.40. The second-order valence-electron chi connectivity index (χ2n) is 4.11. The Morgan fingerprint density at radius 1 is 1.18 bits per heavy atom. The summed E-state index contributed by atoms with van der Waals surface area (Å²) in [7, 11) is 0.442. The minimum Gasteiger partial charge on any atom is -0.497 e. The van der Waals surface area contributed by atoms with Crippen molar-refractivity contribution < 1.29 is 13.7 Å². The van der Waals surface area contributed by atoms with Crippen molar-refractivity contribution in [3.8, 4) is 5.75 Å². The van der Waals surface area contributed by atoms with Crippen LogP contribution in [0.3, 0.4) is 0 Å². The summed E-state index contributed by atoms with van der Waals surface area (Å²) in [6, 6.07) is 6.88. The van der Waals surface area contributed by atoms with Crippen LogP contribution >= 0.6 is 0 Å². The predicted octanol–water partition coefficient (Wildman–Crippen LogP) is 2.42. The van der Waals surface area contributed by atoms with Gasteiger partial charge in [-0.2, -0.15) is 0 Å². The minimum absolute atomic E-state index is 0.00722. The highest BCUT2D eigenvalue weighted by molar-refractivity contribution is 7.87. The molecule has 94 valence electrons. The van der Waals surface area contributed by atoms with Crippen LogP contribution in [0.15, 0.2) is 24.3 Å². The summed E-state index contributed by atoms with van der Waals surface area (Å²) in [6.07, 6.45) is 0. The third-order valence-electron chi connectivity index (χ3n) is 2.56. The Labute approximate surface area is 105 Å². The topological polar surface area (TPSA) is 43.4 Å². The summed E-state index contributed by atoms with van der Waals surface area (Å²) in [5, 5.41) is -0.476. The molecule has 3 nitrogen and oxygen atoms in total. The number of Topliss-reactive ketones (excluding diaryl/α,β-unsaturated/α-hetero) is 1. The highest BCUT2D eigenvalue weighted by Crippen LogP contribution is 2.15. The van der Waals surface area contributed by atoms with Crippen LogP contribution in [0.25, 0.3) is 0 Å². The van der Waals surface area contributed by atoms with Gasteiger partial charge in [-0.05, 0) is 31.2 Å². The van der Waals surface area contributed by atoms with E-state index < -0.39 is 16.0 Å². The molecule has 0 amide bonds. The molecule has 0 radical (unpaired) electrons. The van der Waals surface area contributed by atoms with Gasteiger partial charge >= 0.3 is 0 Å². The summed E-state index contributed by atoms with van der Waals surface area (Å²) in [5.41, 5.74) is 0.576. The van der Waals surface area contributed by atoms with Crippen LogP contribution in [0.4, 0.5) is 0 Å². The Morgan fingerprint density at radius 2 is 1.71 bits per heavy atom. The van der Waals surface area contributed by atoms with Gasteiger partial charge in [0.05, 0.1) is 12.4 Å². The molecule has 0 saturated carbocycles. The SMILES string of the molecule is COc1ccc(C(=O)C(C)S(=O)C(C)C)cc1. The van der Waals surface area contributed by atoms with E-state index in [2.05, 4.69) is 0 Å². The Balaban J connectivity index is 2.85. The van der Waals surface area contributed by atoms with Crippen molar-refractivity contribution in [1.29, 1.82) is 0 Å². The van der Waals surface area contributed by atoms with E-state index in [1.807, 2.05) is 13.8 Å². The molecule has 4 heteroatoms. The molecule has 0 N–H and O–H groups in total. The molecule has 0 saturated heterocycles. The van der Waals surface area contributed by atoms with Crippen molar-refractivity contribution in [2.24, 2.45) is 0 Å². The van der Waals surface area contributed by atoms with Gasteiger partial charge in [-0.1, -0.05) is 13.8 Å². The average Bonchev–Trinajstić information content (AvgIpc) is 2.36. The second kappa shape index (κ2) is 5.96. The Bertz CT molecular complexity index is 409. The van der Waals surface area contributed by atoms with Crippen molar-refractivity contribution in [1.82, 2.24) is 0 Å². The fourth-order valence-electron chi connectivity index (χ4n) is 1.50. The van der Waals surface area contributed by atoms with Crippen molar-refractivity contribution in [3.63, 3.8) is 0 Å². The zero-order valence-electron chi connectivity index (χ0n) is 10.6. The van der Waals surface area contributed by atoms with Crippen LogP contribution in [-0.4, -0.2) is 27.6 Å². The maximum absolute atomic E-state index is 12.1. The molecule has 0 aliphatic heterocycles. The number of carbonyl (C=O) groups excluding carboxylic acids is 1. The molecule has 1 aromatic carbocycles. The first kappa shape index (κ1) is 13.9. The number of rotatable bonds is 5. The van der Waals surface area contributed by atoms with Gasteiger partial charge in [0.2, 0.25) is 0 Å². The summed E-state index contributed by atoms with van der Waals surface area (Å²) in [6.45, 7) is 5.42. The van der Waals surface area contributed by atoms with Gasteiger partial charge in [-0.3, -0.25) is 9.00 Å². The van der Waals surface area contributed by atoms with Crippen LogP contribution in [0, 0.1) is 0 Å². The zero-order valence-corrected chi connectivity index (χ0v) is 11.4. The number of hydrogen-bond acceptors (Lipinski definition) is 3. The van der Waals surface area contributed by atoms with Crippen LogP contribution in [-0.2, 0) is 10.8 Å². The van der Waals surface area contributed by atoms with E-state index in [-0.39, 0.29) is 11.0 Å². The van der Waals surface area contributed by atoms with E-state index >= 15 is 0 Å². The highest BCUT2D eigenvalue weighted by Gasteiger charge is 2.23. The van der Waals surface area contributed by atoms with Crippen LogP contribution < -0.4 is 4.74 Å². The molecule has 0 bridgehead atoms. The van der Waals surface area contributed by atoms with Crippen molar-refractivity contribution >= 4 is 16.6 Å². The minimum atomic E-state index is -1.14. The smallest absolute Gasteiger partial charge is 0.178 e. The van der Waals surface area contributed by atoms with E-state index in [0.717, 1.165) is 0 Å². The number of ether oxygens (including phenoxy) is 1. The van der Waals surface area contributed by atoms with Gasteiger partial charge in [0.15, 0.2) is 5.78 Å². The molecule has 1 rings (SSSR count). The highest BCUT2D eigenvalue weighted by atomic mass is 32.2. The molecule has 2 unspecified atom stereocenters. The largest absolute Gasteiger partial charge is 0.497 e. The number of benzene rings is 1. The first-order chi connectivity index (χ1) is 7.97. The monoisotopic (exact) mass is 254 g/mol. The quantitative estimate of drug-likeness (QED) is 0.758. The van der Waals surface area contributed by atoms with Crippen molar-refractivity contribution in [3.05, 3.63) is 29.8 Å². The maximum Gasteiger partial charge on any atom is 0.178 e. The summed E-state index contributed by atoms with van der Waals surface area (Å²) in [4.78, 5) is 12.1. The van der Waals surface area contributed by atoms with Crippen LogP contribution in [0.5, 0.6) is 5.75 Å². The standard InChI is InChI=1S/C13H18O3S/c1-9(2)17(15)10(3)13(14)11-5-7-12(16-4)8-6-11/h5-10H,1-4H3. The molecule has 0 aliphatic carbocycles. The fraction of sp³-hybridized carbons (Fsp3) is 0.462. The number of carbonyl (C=O) groups is 1. The Hall–Kier alpha value is -1.16. The molecular weight excluding hydrogens is 236 g/mol. The number of hydrogen-bond donors (Lipinski definition) is 0. The molecule has 17 heavy (non-hydrogen) atoms. The van der Waals surface area contributed by atoms with Gasteiger partial charge in [-0.25, -0.2) is 0 Å². The number of ketones is 1. The summed E-state index contributed by atoms with van der Waals surface area (Å²) >= 11 is 0. The normalized spacial score (nSPS) is 14.4. The molecule has 0 fully saturated rings. The Kier molecular flexibility index (Phi) is 4.87. The molecule has 0 spiro atoms. The lowest BCUT2D eigenvalue weighted by Gasteiger charge is -2.13. The van der Waals surface area contributed by atoms with Gasteiger partial charge in [0.25, 0.3) is 0 Å². The van der Waals surface area contributed by atoms with E-state index in [1.54, 1.807) is 38.3 Å². The van der Waals surface area contributed by atoms with Gasteiger partial charge in [0.1, 0.15) is 5.75 Å². The third kappa shape index (κ3) is 3.40. The first-order valence-electron chi connectivity index (χ1n) is 5.55. The van der Waals surface area contributed by atoms with Crippen LogP contribution in [0.2, 0.25) is 0 Å². The second-order valence-corrected chi connectivity index (χ2v) is 6.42. The number of methoxy groups -OCH3 is 1. The summed E-state index contributed by atoms with van der Waals surface area (Å²) < 4.78 is 16.9. The lowest BCUT2D eigenvalue weighted by molar-refractivity contribution is 0.0992. The lowest BCUT2D eigenvalue weighted by atomic mass is 10.1. The molecule has 0 heterocycles. The molecular formula is C13H18O3S. The van der Waals surface area contributed by atoms with Crippen molar-refractivity contribution in [2.75, 3.05) is 7.11 Å².